The van der Waals surface area contributed by atoms with Crippen LogP contribution < -0.4 is 5.32 Å². The van der Waals surface area contributed by atoms with Crippen LogP contribution in [0.2, 0.25) is 0 Å². The van der Waals surface area contributed by atoms with Crippen molar-refractivity contribution < 1.29 is 9.90 Å². The Balaban J connectivity index is 2.17. The minimum Gasteiger partial charge on any atom is -0.392 e. The van der Waals surface area contributed by atoms with Crippen LogP contribution in [0.3, 0.4) is 0 Å². The van der Waals surface area contributed by atoms with Gasteiger partial charge in [-0.05, 0) is 37.3 Å². The highest BCUT2D eigenvalue weighted by molar-refractivity contribution is 5.93. The van der Waals surface area contributed by atoms with Crippen molar-refractivity contribution >= 4 is 11.6 Å². The van der Waals surface area contributed by atoms with Crippen LogP contribution in [0.15, 0.2) is 42.0 Å². The number of anilines is 1. The number of carbonyl (C=O) groups excluding carboxylic acids is 1. The third-order valence-corrected chi connectivity index (χ3v) is 4.08. The molecule has 2 rings (SSSR count). The summed E-state index contributed by atoms with van der Waals surface area (Å²) < 4.78 is 0. The Bertz CT molecular complexity index is 505. The normalized spacial score (nSPS) is 25.5. The maximum Gasteiger partial charge on any atom is 0.230 e. The van der Waals surface area contributed by atoms with Gasteiger partial charge in [0.2, 0.25) is 5.91 Å². The average molecular weight is 273 g/mol. The van der Waals surface area contributed by atoms with Crippen molar-refractivity contribution in [3.8, 4) is 0 Å². The molecule has 0 aromatic heterocycles. The van der Waals surface area contributed by atoms with Gasteiger partial charge in [-0.3, -0.25) is 4.79 Å². The lowest BCUT2D eigenvalue weighted by Crippen LogP contribution is -2.41. The van der Waals surface area contributed by atoms with E-state index in [1.165, 1.54) is 5.57 Å². The Labute approximate surface area is 120 Å². The lowest BCUT2D eigenvalue weighted by molar-refractivity contribution is -0.126. The number of hydrogen-bond acceptors (Lipinski definition) is 2. The van der Waals surface area contributed by atoms with Crippen molar-refractivity contribution in [1.29, 1.82) is 0 Å². The van der Waals surface area contributed by atoms with E-state index in [1.807, 2.05) is 51.1 Å². The molecule has 0 saturated heterocycles. The lowest BCUT2D eigenvalue weighted by atomic mass is 9.77. The zero-order valence-corrected chi connectivity index (χ0v) is 12.4. The number of rotatable bonds is 2. The number of aliphatic hydroxyl groups is 1. The van der Waals surface area contributed by atoms with E-state index in [1.54, 1.807) is 0 Å². The largest absolute Gasteiger partial charge is 0.392 e. The van der Waals surface area contributed by atoms with E-state index in [0.717, 1.165) is 12.1 Å². The maximum absolute atomic E-state index is 12.5. The molecule has 1 unspecified atom stereocenters. The molecule has 0 bridgehead atoms. The van der Waals surface area contributed by atoms with Crippen LogP contribution in [0.4, 0.5) is 5.69 Å². The molecule has 108 valence electrons. The molecule has 0 fully saturated rings. The van der Waals surface area contributed by atoms with E-state index >= 15 is 0 Å². The molecule has 0 heterocycles. The monoisotopic (exact) mass is 273 g/mol. The van der Waals surface area contributed by atoms with E-state index in [0.29, 0.717) is 6.42 Å². The predicted octanol–water partition coefficient (Wildman–Crippen LogP) is 3.37. The molecule has 0 spiro atoms. The summed E-state index contributed by atoms with van der Waals surface area (Å²) in [5, 5.41) is 13.5. The SMILES string of the molecule is CC1=CCC(C)(C)C(O)[C@@H](C(=O)Nc2ccccc2)C1. The number of allylic oxidation sites excluding steroid dienone is 2. The average Bonchev–Trinajstić information content (AvgIpc) is 2.52. The molecule has 0 aliphatic heterocycles. The Morgan fingerprint density at radius 1 is 1.30 bits per heavy atom. The van der Waals surface area contributed by atoms with Gasteiger partial charge < -0.3 is 10.4 Å². The molecule has 3 nitrogen and oxygen atoms in total. The zero-order valence-electron chi connectivity index (χ0n) is 12.4. The van der Waals surface area contributed by atoms with Crippen LogP contribution in [0.25, 0.3) is 0 Å². The predicted molar refractivity (Wildman–Crippen MR) is 81.3 cm³/mol. The maximum atomic E-state index is 12.5. The van der Waals surface area contributed by atoms with E-state index in [2.05, 4.69) is 11.4 Å². The number of carbonyl (C=O) groups is 1. The number of benzene rings is 1. The van der Waals surface area contributed by atoms with Crippen molar-refractivity contribution in [2.75, 3.05) is 5.32 Å². The molecule has 3 heteroatoms. The summed E-state index contributed by atoms with van der Waals surface area (Å²) in [5.74, 6) is -0.504. The first kappa shape index (κ1) is 14.8. The molecule has 0 saturated carbocycles. The molecule has 1 aromatic rings. The van der Waals surface area contributed by atoms with Crippen molar-refractivity contribution in [2.45, 2.75) is 39.7 Å². The summed E-state index contributed by atoms with van der Waals surface area (Å²) in [4.78, 5) is 12.5. The lowest BCUT2D eigenvalue weighted by Gasteiger charge is -2.32. The van der Waals surface area contributed by atoms with Gasteiger partial charge in [0.05, 0.1) is 12.0 Å². The van der Waals surface area contributed by atoms with Crippen molar-refractivity contribution in [3.63, 3.8) is 0 Å². The first-order chi connectivity index (χ1) is 9.40. The van der Waals surface area contributed by atoms with E-state index < -0.39 is 12.0 Å². The first-order valence-corrected chi connectivity index (χ1v) is 7.10. The minimum absolute atomic E-state index is 0.105. The summed E-state index contributed by atoms with van der Waals surface area (Å²) in [6, 6.07) is 9.39. The zero-order chi connectivity index (χ0) is 14.8. The van der Waals surface area contributed by atoms with Crippen molar-refractivity contribution in [2.24, 2.45) is 11.3 Å². The minimum atomic E-state index is -0.639. The standard InChI is InChI=1S/C17H23NO2/c1-12-9-10-17(2,3)15(19)14(11-12)16(20)18-13-7-5-4-6-8-13/h4-9,14-15,19H,10-11H2,1-3H3,(H,18,20)/t14-,15?/m0/s1. The molecular formula is C17H23NO2. The number of hydrogen-bond donors (Lipinski definition) is 2. The summed E-state index contributed by atoms with van der Waals surface area (Å²) >= 11 is 0. The molecule has 2 atom stereocenters. The van der Waals surface area contributed by atoms with Crippen LogP contribution in [0.1, 0.15) is 33.6 Å². The first-order valence-electron chi connectivity index (χ1n) is 7.10. The van der Waals surface area contributed by atoms with Gasteiger partial charge in [0.15, 0.2) is 0 Å². The third kappa shape index (κ3) is 3.28. The third-order valence-electron chi connectivity index (χ3n) is 4.08. The number of nitrogens with one attached hydrogen (secondary N) is 1. The van der Waals surface area contributed by atoms with Crippen molar-refractivity contribution in [3.05, 3.63) is 42.0 Å². The van der Waals surface area contributed by atoms with E-state index in [9.17, 15) is 9.90 Å². The molecule has 0 radical (unpaired) electrons. The van der Waals surface area contributed by atoms with Gasteiger partial charge in [0, 0.05) is 5.69 Å². The summed E-state index contributed by atoms with van der Waals surface area (Å²) in [6.07, 6.45) is 2.91. The fourth-order valence-electron chi connectivity index (χ4n) is 2.64. The van der Waals surface area contributed by atoms with Gasteiger partial charge >= 0.3 is 0 Å². The summed E-state index contributed by atoms with van der Waals surface area (Å²) in [6.45, 7) is 6.04. The number of aliphatic hydroxyl groups excluding tert-OH is 1. The highest BCUT2D eigenvalue weighted by Gasteiger charge is 2.39. The fourth-order valence-corrected chi connectivity index (χ4v) is 2.64. The molecule has 20 heavy (non-hydrogen) atoms. The van der Waals surface area contributed by atoms with Crippen LogP contribution in [-0.4, -0.2) is 17.1 Å². The van der Waals surface area contributed by atoms with Crippen LogP contribution in [-0.2, 0) is 4.79 Å². The Hall–Kier alpha value is -1.61. The second kappa shape index (κ2) is 5.80. The van der Waals surface area contributed by atoms with Crippen LogP contribution in [0.5, 0.6) is 0 Å². The quantitative estimate of drug-likeness (QED) is 0.812. The Morgan fingerprint density at radius 2 is 1.95 bits per heavy atom. The smallest absolute Gasteiger partial charge is 0.230 e. The van der Waals surface area contributed by atoms with Gasteiger partial charge in [-0.15, -0.1) is 0 Å². The van der Waals surface area contributed by atoms with Gasteiger partial charge in [-0.1, -0.05) is 43.7 Å². The van der Waals surface area contributed by atoms with Gasteiger partial charge in [-0.2, -0.15) is 0 Å². The van der Waals surface area contributed by atoms with Crippen LogP contribution >= 0.6 is 0 Å². The molecule has 1 amide bonds. The second-order valence-corrected chi connectivity index (χ2v) is 6.35. The van der Waals surface area contributed by atoms with Crippen molar-refractivity contribution in [1.82, 2.24) is 0 Å². The second-order valence-electron chi connectivity index (χ2n) is 6.35. The van der Waals surface area contributed by atoms with E-state index in [-0.39, 0.29) is 11.3 Å². The number of para-hydroxylation sites is 1. The fraction of sp³-hybridized carbons (Fsp3) is 0.471. The summed E-state index contributed by atoms with van der Waals surface area (Å²) in [7, 11) is 0. The highest BCUT2D eigenvalue weighted by Crippen LogP contribution is 2.37. The van der Waals surface area contributed by atoms with Crippen LogP contribution in [0, 0.1) is 11.3 Å². The van der Waals surface area contributed by atoms with Gasteiger partial charge in [-0.25, -0.2) is 0 Å². The Morgan fingerprint density at radius 3 is 2.60 bits per heavy atom. The topological polar surface area (TPSA) is 49.3 Å². The highest BCUT2D eigenvalue weighted by atomic mass is 16.3. The molecule has 2 N–H and O–H groups in total. The molecule has 1 aliphatic carbocycles. The number of amides is 1. The summed E-state index contributed by atoms with van der Waals surface area (Å²) in [5.41, 5.74) is 1.66. The molecule has 1 aliphatic rings. The molecular weight excluding hydrogens is 250 g/mol. The van der Waals surface area contributed by atoms with Gasteiger partial charge in [0.25, 0.3) is 0 Å². The van der Waals surface area contributed by atoms with E-state index in [4.69, 9.17) is 0 Å². The molecule has 1 aromatic carbocycles. The van der Waals surface area contributed by atoms with Gasteiger partial charge in [0.1, 0.15) is 0 Å². The Kier molecular flexibility index (Phi) is 4.29.